The summed E-state index contributed by atoms with van der Waals surface area (Å²) in [6, 6.07) is 19.1. The first-order chi connectivity index (χ1) is 13.7. The normalized spacial score (nSPS) is 12.5. The fourth-order valence-electron chi connectivity index (χ4n) is 2.96. The molecule has 3 aromatic rings. The summed E-state index contributed by atoms with van der Waals surface area (Å²) in [5.41, 5.74) is 2.76. The molecule has 0 spiro atoms. The topological polar surface area (TPSA) is 39.7 Å². The van der Waals surface area contributed by atoms with Gasteiger partial charge in [-0.25, -0.2) is 0 Å². The Hall–Kier alpha value is -2.56. The molecule has 0 aromatic heterocycles. The highest BCUT2D eigenvalue weighted by molar-refractivity contribution is 6.35. The van der Waals surface area contributed by atoms with Crippen LogP contribution in [0.15, 0.2) is 60.7 Å². The molecule has 1 heterocycles. The van der Waals surface area contributed by atoms with Crippen molar-refractivity contribution in [2.45, 2.75) is 13.2 Å². The fraction of sp³-hybridized carbons (Fsp3) is 0.182. The summed E-state index contributed by atoms with van der Waals surface area (Å²) in [6.45, 7) is 2.06. The third-order valence-corrected chi connectivity index (χ3v) is 5.14. The molecule has 0 saturated heterocycles. The van der Waals surface area contributed by atoms with E-state index >= 15 is 0 Å². The van der Waals surface area contributed by atoms with Crippen LogP contribution in [0.3, 0.4) is 0 Å². The molecule has 1 aliphatic rings. The van der Waals surface area contributed by atoms with Gasteiger partial charge in [-0.05, 0) is 30.3 Å². The van der Waals surface area contributed by atoms with E-state index in [9.17, 15) is 0 Å². The van der Waals surface area contributed by atoms with Gasteiger partial charge in [-0.3, -0.25) is 0 Å². The van der Waals surface area contributed by atoms with Gasteiger partial charge in [0.25, 0.3) is 0 Å². The van der Waals surface area contributed by atoms with Crippen LogP contribution < -0.4 is 19.5 Å². The molecule has 28 heavy (non-hydrogen) atoms. The Labute approximate surface area is 173 Å². The van der Waals surface area contributed by atoms with Crippen LogP contribution in [0, 0.1) is 0 Å². The Morgan fingerprint density at radius 3 is 2.43 bits per heavy atom. The SMILES string of the molecule is Clc1cccc(Cl)c1COc1ccccc1CNc1ccc2c(c1)OCCO2. The van der Waals surface area contributed by atoms with Gasteiger partial charge < -0.3 is 19.5 Å². The molecule has 0 bridgehead atoms. The van der Waals surface area contributed by atoms with Gasteiger partial charge in [0.15, 0.2) is 11.5 Å². The summed E-state index contributed by atoms with van der Waals surface area (Å²) in [4.78, 5) is 0. The lowest BCUT2D eigenvalue weighted by molar-refractivity contribution is 0.171. The van der Waals surface area contributed by atoms with E-state index in [4.69, 9.17) is 37.4 Å². The second-order valence-corrected chi connectivity index (χ2v) is 7.12. The molecule has 0 fully saturated rings. The van der Waals surface area contributed by atoms with Crippen LogP contribution in [0.25, 0.3) is 0 Å². The van der Waals surface area contributed by atoms with Crippen molar-refractivity contribution < 1.29 is 14.2 Å². The zero-order chi connectivity index (χ0) is 19.3. The number of hydrogen-bond acceptors (Lipinski definition) is 4. The molecule has 4 nitrogen and oxygen atoms in total. The molecule has 0 unspecified atom stereocenters. The molecular weight excluding hydrogens is 397 g/mol. The van der Waals surface area contributed by atoms with Gasteiger partial charge in [0, 0.05) is 39.5 Å². The van der Waals surface area contributed by atoms with Crippen LogP contribution in [0.1, 0.15) is 11.1 Å². The lowest BCUT2D eigenvalue weighted by Crippen LogP contribution is -2.15. The van der Waals surface area contributed by atoms with Crippen molar-refractivity contribution in [3.8, 4) is 17.2 Å². The van der Waals surface area contributed by atoms with Crippen molar-refractivity contribution in [1.82, 2.24) is 0 Å². The molecule has 6 heteroatoms. The van der Waals surface area contributed by atoms with Gasteiger partial charge >= 0.3 is 0 Å². The van der Waals surface area contributed by atoms with Crippen LogP contribution in [0.4, 0.5) is 5.69 Å². The highest BCUT2D eigenvalue weighted by atomic mass is 35.5. The van der Waals surface area contributed by atoms with Crippen LogP contribution in [0.5, 0.6) is 17.2 Å². The number of fused-ring (bicyclic) bond motifs is 1. The maximum Gasteiger partial charge on any atom is 0.163 e. The Morgan fingerprint density at radius 2 is 1.61 bits per heavy atom. The average molecular weight is 416 g/mol. The monoisotopic (exact) mass is 415 g/mol. The summed E-state index contributed by atoms with van der Waals surface area (Å²) >= 11 is 12.5. The Balaban J connectivity index is 1.44. The minimum atomic E-state index is 0.305. The lowest BCUT2D eigenvalue weighted by atomic mass is 10.2. The molecule has 1 aliphatic heterocycles. The Bertz CT molecular complexity index is 957. The second-order valence-electron chi connectivity index (χ2n) is 6.31. The molecule has 4 rings (SSSR count). The van der Waals surface area contributed by atoms with Gasteiger partial charge in [0.05, 0.1) is 0 Å². The van der Waals surface area contributed by atoms with E-state index in [-0.39, 0.29) is 0 Å². The van der Waals surface area contributed by atoms with Crippen molar-refractivity contribution in [1.29, 1.82) is 0 Å². The largest absolute Gasteiger partial charge is 0.488 e. The number of halogens is 2. The van der Waals surface area contributed by atoms with Gasteiger partial charge in [0.1, 0.15) is 25.6 Å². The predicted octanol–water partition coefficient (Wildman–Crippen LogP) is 5.96. The summed E-state index contributed by atoms with van der Waals surface area (Å²) < 4.78 is 17.2. The molecule has 1 N–H and O–H groups in total. The molecule has 0 aliphatic carbocycles. The molecule has 144 valence electrons. The van der Waals surface area contributed by atoms with E-state index < -0.39 is 0 Å². The molecule has 0 radical (unpaired) electrons. The maximum atomic E-state index is 6.24. The predicted molar refractivity (Wildman–Crippen MR) is 112 cm³/mol. The summed E-state index contributed by atoms with van der Waals surface area (Å²) in [5.74, 6) is 2.31. The standard InChI is InChI=1S/C22H19Cl2NO3/c23-18-5-3-6-19(24)17(18)14-28-20-7-2-1-4-15(20)13-25-16-8-9-21-22(12-16)27-11-10-26-21/h1-9,12,25H,10-11,13-14H2. The van der Waals surface area contributed by atoms with Gasteiger partial charge in [-0.15, -0.1) is 0 Å². The van der Waals surface area contributed by atoms with Crippen LogP contribution >= 0.6 is 23.2 Å². The van der Waals surface area contributed by atoms with E-state index in [0.29, 0.717) is 36.4 Å². The Morgan fingerprint density at radius 1 is 0.857 bits per heavy atom. The first kappa shape index (κ1) is 18.8. The smallest absolute Gasteiger partial charge is 0.163 e. The van der Waals surface area contributed by atoms with Gasteiger partial charge in [-0.1, -0.05) is 47.5 Å². The van der Waals surface area contributed by atoms with E-state index in [1.54, 1.807) is 0 Å². The number of hydrogen-bond donors (Lipinski definition) is 1. The van der Waals surface area contributed by atoms with Gasteiger partial charge in [0.2, 0.25) is 0 Å². The second kappa shape index (κ2) is 8.63. The van der Waals surface area contributed by atoms with E-state index in [0.717, 1.165) is 34.1 Å². The molecule has 0 amide bonds. The number of anilines is 1. The summed E-state index contributed by atoms with van der Waals surface area (Å²) in [5, 5.41) is 4.60. The highest BCUT2D eigenvalue weighted by Crippen LogP contribution is 2.33. The van der Waals surface area contributed by atoms with Crippen molar-refractivity contribution in [3.05, 3.63) is 81.8 Å². The van der Waals surface area contributed by atoms with Crippen molar-refractivity contribution in [3.63, 3.8) is 0 Å². The number of para-hydroxylation sites is 1. The van der Waals surface area contributed by atoms with E-state index in [1.165, 1.54) is 0 Å². The molecule has 3 aromatic carbocycles. The lowest BCUT2D eigenvalue weighted by Gasteiger charge is -2.19. The van der Waals surface area contributed by atoms with Gasteiger partial charge in [-0.2, -0.15) is 0 Å². The minimum absolute atomic E-state index is 0.305. The molecule has 0 saturated carbocycles. The third-order valence-electron chi connectivity index (χ3n) is 4.43. The zero-order valence-electron chi connectivity index (χ0n) is 15.1. The fourth-order valence-corrected chi connectivity index (χ4v) is 3.47. The van der Waals surface area contributed by atoms with Crippen molar-refractivity contribution in [2.75, 3.05) is 18.5 Å². The first-order valence-corrected chi connectivity index (χ1v) is 9.73. The maximum absolute atomic E-state index is 6.24. The highest BCUT2D eigenvalue weighted by Gasteiger charge is 2.12. The van der Waals surface area contributed by atoms with Crippen molar-refractivity contribution >= 4 is 28.9 Å². The zero-order valence-corrected chi connectivity index (χ0v) is 16.6. The van der Waals surface area contributed by atoms with Crippen LogP contribution in [-0.2, 0) is 13.2 Å². The third kappa shape index (κ3) is 4.29. The average Bonchev–Trinajstić information content (AvgIpc) is 2.72. The number of rotatable bonds is 6. The quantitative estimate of drug-likeness (QED) is 0.539. The first-order valence-electron chi connectivity index (χ1n) is 8.98. The summed E-state index contributed by atoms with van der Waals surface area (Å²) in [6.07, 6.45) is 0. The Kier molecular flexibility index (Phi) is 5.79. The van der Waals surface area contributed by atoms with E-state index in [2.05, 4.69) is 5.32 Å². The van der Waals surface area contributed by atoms with Crippen LogP contribution in [0.2, 0.25) is 10.0 Å². The van der Waals surface area contributed by atoms with Crippen LogP contribution in [-0.4, -0.2) is 13.2 Å². The number of nitrogens with one attached hydrogen (secondary N) is 1. The summed E-state index contributed by atoms with van der Waals surface area (Å²) in [7, 11) is 0. The number of ether oxygens (including phenoxy) is 3. The molecular formula is C22H19Cl2NO3. The van der Waals surface area contributed by atoms with Crippen molar-refractivity contribution in [2.24, 2.45) is 0 Å². The molecule has 0 atom stereocenters. The minimum Gasteiger partial charge on any atom is -0.488 e. The number of benzene rings is 3. The van der Waals surface area contributed by atoms with E-state index in [1.807, 2.05) is 60.7 Å².